The molecule has 2 heteroatoms. The van der Waals surface area contributed by atoms with Crippen LogP contribution in [-0.2, 0) is 0 Å². The molecule has 0 heterocycles. The third-order valence-electron chi connectivity index (χ3n) is 4.54. The maximum atomic E-state index is 5.17. The van der Waals surface area contributed by atoms with Crippen molar-refractivity contribution in [3.8, 4) is 5.75 Å². The van der Waals surface area contributed by atoms with Crippen LogP contribution >= 0.6 is 11.8 Å². The van der Waals surface area contributed by atoms with Gasteiger partial charge in [0, 0.05) is 0 Å². The van der Waals surface area contributed by atoms with E-state index in [0.717, 1.165) is 11.7 Å². The first-order valence-corrected chi connectivity index (χ1v) is 9.07. The standard InChI is InChI=1S/C20H28OS/c1-20(2,3)18-9-5-17(6-10-18)15-22-14-13-16-7-11-19(21-4)12-8-16/h7-8,11-15,18H,5-6,9-10H2,1-4H3. The van der Waals surface area contributed by atoms with Crippen molar-refractivity contribution in [3.05, 3.63) is 46.2 Å². The number of hydrogen-bond acceptors (Lipinski definition) is 2. The lowest BCUT2D eigenvalue weighted by Gasteiger charge is -2.34. The predicted molar refractivity (Wildman–Crippen MR) is 99.1 cm³/mol. The van der Waals surface area contributed by atoms with Gasteiger partial charge in [0.15, 0.2) is 0 Å². The van der Waals surface area contributed by atoms with Gasteiger partial charge in [0.05, 0.1) is 7.11 Å². The minimum atomic E-state index is 0.465. The first kappa shape index (κ1) is 17.2. The first-order chi connectivity index (χ1) is 10.5. The summed E-state index contributed by atoms with van der Waals surface area (Å²) in [6.45, 7) is 7.12. The monoisotopic (exact) mass is 316 g/mol. The normalized spacial score (nSPS) is 19.5. The number of rotatable bonds is 4. The summed E-state index contributed by atoms with van der Waals surface area (Å²) in [5, 5.41) is 4.52. The van der Waals surface area contributed by atoms with Crippen LogP contribution in [0.1, 0.15) is 52.0 Å². The van der Waals surface area contributed by atoms with Gasteiger partial charge in [-0.25, -0.2) is 0 Å². The van der Waals surface area contributed by atoms with Crippen LogP contribution in [0, 0.1) is 11.3 Å². The molecular formula is C20H28OS. The summed E-state index contributed by atoms with van der Waals surface area (Å²) < 4.78 is 5.17. The number of allylic oxidation sites excluding steroid dienone is 1. The average Bonchev–Trinajstić information content (AvgIpc) is 2.52. The maximum Gasteiger partial charge on any atom is 0.118 e. The third-order valence-corrected chi connectivity index (χ3v) is 5.30. The molecule has 1 nitrogen and oxygen atoms in total. The fraction of sp³-hybridized carbons (Fsp3) is 0.500. The SMILES string of the molecule is COc1ccc(C=CSC=C2CCC(C(C)(C)C)CC2)cc1. The van der Waals surface area contributed by atoms with E-state index in [1.807, 2.05) is 12.1 Å². The van der Waals surface area contributed by atoms with E-state index in [2.05, 4.69) is 49.8 Å². The molecule has 1 saturated carbocycles. The van der Waals surface area contributed by atoms with Gasteiger partial charge in [0.25, 0.3) is 0 Å². The topological polar surface area (TPSA) is 9.23 Å². The molecule has 0 radical (unpaired) electrons. The second kappa shape index (κ2) is 7.92. The highest BCUT2D eigenvalue weighted by atomic mass is 32.2. The lowest BCUT2D eigenvalue weighted by Crippen LogP contribution is -2.23. The summed E-state index contributed by atoms with van der Waals surface area (Å²) in [5.41, 5.74) is 3.29. The Hall–Kier alpha value is -1.15. The quantitative estimate of drug-likeness (QED) is 0.625. The second-order valence-corrected chi connectivity index (χ2v) is 7.91. The lowest BCUT2D eigenvalue weighted by molar-refractivity contribution is 0.197. The summed E-state index contributed by atoms with van der Waals surface area (Å²) in [4.78, 5) is 0. The third kappa shape index (κ3) is 5.24. The zero-order valence-electron chi connectivity index (χ0n) is 14.3. The summed E-state index contributed by atoms with van der Waals surface area (Å²) in [5.74, 6) is 1.78. The Balaban J connectivity index is 1.79. The van der Waals surface area contributed by atoms with E-state index in [1.165, 1.54) is 31.2 Å². The fourth-order valence-corrected chi connectivity index (χ4v) is 3.68. The second-order valence-electron chi connectivity index (χ2n) is 7.13. The molecule has 22 heavy (non-hydrogen) atoms. The van der Waals surface area contributed by atoms with Crippen molar-refractivity contribution in [2.24, 2.45) is 11.3 Å². The summed E-state index contributed by atoms with van der Waals surface area (Å²) in [6, 6.07) is 8.16. The number of methoxy groups -OCH3 is 1. The number of hydrogen-bond donors (Lipinski definition) is 0. The van der Waals surface area contributed by atoms with Crippen molar-refractivity contribution in [2.75, 3.05) is 7.11 Å². The molecule has 1 aliphatic rings. The zero-order chi connectivity index (χ0) is 16.0. The van der Waals surface area contributed by atoms with Gasteiger partial charge in [-0.1, -0.05) is 38.5 Å². The van der Waals surface area contributed by atoms with Crippen LogP contribution in [0.2, 0.25) is 0 Å². The lowest BCUT2D eigenvalue weighted by atomic mass is 9.71. The number of benzene rings is 1. The van der Waals surface area contributed by atoms with E-state index in [4.69, 9.17) is 4.74 Å². The highest BCUT2D eigenvalue weighted by molar-refractivity contribution is 8.05. The van der Waals surface area contributed by atoms with Gasteiger partial charge in [-0.2, -0.15) is 0 Å². The Bertz CT molecular complexity index is 510. The molecule has 0 amide bonds. The van der Waals surface area contributed by atoms with E-state index >= 15 is 0 Å². The van der Waals surface area contributed by atoms with E-state index in [-0.39, 0.29) is 0 Å². The largest absolute Gasteiger partial charge is 0.497 e. The molecule has 0 aliphatic heterocycles. The molecular weight excluding hydrogens is 288 g/mol. The Labute approximate surface area is 139 Å². The van der Waals surface area contributed by atoms with Crippen LogP contribution in [0.5, 0.6) is 5.75 Å². The molecule has 1 aliphatic carbocycles. The molecule has 0 saturated heterocycles. The van der Waals surface area contributed by atoms with Crippen molar-refractivity contribution in [2.45, 2.75) is 46.5 Å². The van der Waals surface area contributed by atoms with Crippen LogP contribution in [0.3, 0.4) is 0 Å². The van der Waals surface area contributed by atoms with Gasteiger partial charge in [-0.15, -0.1) is 11.8 Å². The van der Waals surface area contributed by atoms with Crippen molar-refractivity contribution in [1.82, 2.24) is 0 Å². The van der Waals surface area contributed by atoms with Gasteiger partial charge in [0.1, 0.15) is 5.75 Å². The molecule has 0 atom stereocenters. The average molecular weight is 317 g/mol. The molecule has 1 aromatic rings. The molecule has 0 spiro atoms. The van der Waals surface area contributed by atoms with Crippen LogP contribution < -0.4 is 4.74 Å². The minimum Gasteiger partial charge on any atom is -0.497 e. The minimum absolute atomic E-state index is 0.465. The molecule has 2 rings (SSSR count). The van der Waals surface area contributed by atoms with Gasteiger partial charge in [0.2, 0.25) is 0 Å². The van der Waals surface area contributed by atoms with E-state index in [1.54, 1.807) is 24.4 Å². The first-order valence-electron chi connectivity index (χ1n) is 8.13. The Kier molecular flexibility index (Phi) is 6.19. The van der Waals surface area contributed by atoms with Crippen molar-refractivity contribution in [1.29, 1.82) is 0 Å². The Morgan fingerprint density at radius 2 is 1.73 bits per heavy atom. The molecule has 120 valence electrons. The van der Waals surface area contributed by atoms with Crippen LogP contribution in [0.15, 0.2) is 40.7 Å². The highest BCUT2D eigenvalue weighted by Gasteiger charge is 2.27. The molecule has 1 fully saturated rings. The molecule has 0 aromatic heterocycles. The van der Waals surface area contributed by atoms with Crippen LogP contribution in [0.25, 0.3) is 6.08 Å². The maximum absolute atomic E-state index is 5.17. The molecule has 0 unspecified atom stereocenters. The van der Waals surface area contributed by atoms with Gasteiger partial charge in [-0.3, -0.25) is 0 Å². The van der Waals surface area contributed by atoms with E-state index in [9.17, 15) is 0 Å². The summed E-state index contributed by atoms with van der Waals surface area (Å²) in [7, 11) is 1.70. The summed E-state index contributed by atoms with van der Waals surface area (Å²) in [6.07, 6.45) is 7.38. The van der Waals surface area contributed by atoms with Crippen molar-refractivity contribution < 1.29 is 4.74 Å². The van der Waals surface area contributed by atoms with Crippen molar-refractivity contribution >= 4 is 17.8 Å². The highest BCUT2D eigenvalue weighted by Crippen LogP contribution is 2.40. The van der Waals surface area contributed by atoms with E-state index in [0.29, 0.717) is 5.41 Å². The number of thioether (sulfide) groups is 1. The van der Waals surface area contributed by atoms with Crippen LogP contribution in [0.4, 0.5) is 0 Å². The molecule has 1 aromatic carbocycles. The van der Waals surface area contributed by atoms with E-state index < -0.39 is 0 Å². The van der Waals surface area contributed by atoms with Gasteiger partial charge in [-0.05, 0) is 71.6 Å². The fourth-order valence-electron chi connectivity index (χ4n) is 2.94. The van der Waals surface area contributed by atoms with Crippen LogP contribution in [-0.4, -0.2) is 7.11 Å². The van der Waals surface area contributed by atoms with Gasteiger partial charge >= 0.3 is 0 Å². The van der Waals surface area contributed by atoms with Gasteiger partial charge < -0.3 is 4.74 Å². The Morgan fingerprint density at radius 3 is 2.27 bits per heavy atom. The Morgan fingerprint density at radius 1 is 1.09 bits per heavy atom. The molecule has 0 bridgehead atoms. The predicted octanol–water partition coefficient (Wildman–Crippen LogP) is 6.52. The smallest absolute Gasteiger partial charge is 0.118 e. The number of ether oxygens (including phenoxy) is 1. The van der Waals surface area contributed by atoms with Crippen molar-refractivity contribution in [3.63, 3.8) is 0 Å². The molecule has 0 N–H and O–H groups in total. The summed E-state index contributed by atoms with van der Waals surface area (Å²) >= 11 is 1.80. The zero-order valence-corrected chi connectivity index (χ0v) is 15.1.